The normalized spacial score (nSPS) is 9.50. The number of hydrogen-bond acceptors (Lipinski definition) is 1. The number of nitrogens with zero attached hydrogens (tertiary/aromatic N) is 1. The molecule has 62 valence electrons. The number of halogens is 1. The van der Waals surface area contributed by atoms with Crippen molar-refractivity contribution in [1.29, 1.82) is 0 Å². The zero-order valence-corrected chi connectivity index (χ0v) is 6.97. The number of pyridine rings is 1. The van der Waals surface area contributed by atoms with E-state index in [1.807, 2.05) is 0 Å². The summed E-state index contributed by atoms with van der Waals surface area (Å²) in [5.74, 6) is -0.347. The molecule has 0 aromatic carbocycles. The molecule has 0 aliphatic heterocycles. The summed E-state index contributed by atoms with van der Waals surface area (Å²) in [5, 5.41) is 0. The van der Waals surface area contributed by atoms with Crippen LogP contribution in [-0.2, 0) is 0 Å². The smallest absolute Gasteiger partial charge is 0.149 e. The second-order valence-electron chi connectivity index (χ2n) is 2.57. The molecule has 0 saturated carbocycles. The van der Waals surface area contributed by atoms with Crippen molar-refractivity contribution in [1.82, 2.24) is 4.98 Å². The number of rotatable bonds is 2. The van der Waals surface area contributed by atoms with Crippen molar-refractivity contribution in [2.75, 3.05) is 0 Å². The largest absolute Gasteiger partial charge is 0.261 e. The summed E-state index contributed by atoms with van der Waals surface area (Å²) in [4.78, 5) is 3.71. The molecular formula is C10H10FN. The predicted molar refractivity (Wildman–Crippen MR) is 49.0 cm³/mol. The average molecular weight is 163 g/mol. The minimum Gasteiger partial charge on any atom is -0.261 e. The van der Waals surface area contributed by atoms with Crippen molar-refractivity contribution < 1.29 is 4.39 Å². The Morgan fingerprint density at radius 3 is 2.67 bits per heavy atom. The maximum absolute atomic E-state index is 13.1. The molecule has 0 radical (unpaired) electrons. The molecule has 0 N–H and O–H groups in total. The van der Waals surface area contributed by atoms with Gasteiger partial charge in [-0.2, -0.15) is 0 Å². The molecule has 12 heavy (non-hydrogen) atoms. The van der Waals surface area contributed by atoms with Gasteiger partial charge in [-0.05, 0) is 12.5 Å². The van der Waals surface area contributed by atoms with Gasteiger partial charge in [0, 0.05) is 17.3 Å². The van der Waals surface area contributed by atoms with Gasteiger partial charge in [0.15, 0.2) is 0 Å². The summed E-state index contributed by atoms with van der Waals surface area (Å²) in [6.07, 6.45) is 4.32. The Kier molecular flexibility index (Phi) is 2.38. The summed E-state index contributed by atoms with van der Waals surface area (Å²) >= 11 is 0. The quantitative estimate of drug-likeness (QED) is 0.653. The Morgan fingerprint density at radius 2 is 2.25 bits per heavy atom. The SMILES string of the molecule is C=Cc1cncc(F)c1C(=C)C. The second kappa shape index (κ2) is 3.30. The topological polar surface area (TPSA) is 12.9 Å². The third-order valence-electron chi connectivity index (χ3n) is 1.58. The number of hydrogen-bond donors (Lipinski definition) is 0. The van der Waals surface area contributed by atoms with Gasteiger partial charge >= 0.3 is 0 Å². The average Bonchev–Trinajstić information content (AvgIpc) is 2.03. The first-order valence-corrected chi connectivity index (χ1v) is 3.58. The number of aromatic nitrogens is 1. The van der Waals surface area contributed by atoms with Crippen LogP contribution in [0.1, 0.15) is 18.1 Å². The van der Waals surface area contributed by atoms with Gasteiger partial charge in [0.1, 0.15) is 5.82 Å². The van der Waals surface area contributed by atoms with Gasteiger partial charge in [-0.25, -0.2) is 4.39 Å². The first-order chi connectivity index (χ1) is 5.66. The maximum Gasteiger partial charge on any atom is 0.149 e. The van der Waals surface area contributed by atoms with E-state index in [2.05, 4.69) is 18.1 Å². The van der Waals surface area contributed by atoms with E-state index in [0.717, 1.165) is 0 Å². The van der Waals surface area contributed by atoms with Gasteiger partial charge in [0.05, 0.1) is 6.20 Å². The minimum atomic E-state index is -0.347. The van der Waals surface area contributed by atoms with Crippen LogP contribution < -0.4 is 0 Å². The lowest BCUT2D eigenvalue weighted by Gasteiger charge is -2.04. The van der Waals surface area contributed by atoms with E-state index in [0.29, 0.717) is 16.7 Å². The van der Waals surface area contributed by atoms with Gasteiger partial charge in [0.25, 0.3) is 0 Å². The van der Waals surface area contributed by atoms with Crippen LogP contribution in [0.25, 0.3) is 11.6 Å². The molecule has 0 unspecified atom stereocenters. The molecule has 1 aromatic heterocycles. The highest BCUT2D eigenvalue weighted by atomic mass is 19.1. The molecule has 1 aromatic rings. The molecule has 1 rings (SSSR count). The van der Waals surface area contributed by atoms with E-state index in [9.17, 15) is 4.39 Å². The fourth-order valence-corrected chi connectivity index (χ4v) is 1.06. The van der Waals surface area contributed by atoms with Crippen LogP contribution in [0.5, 0.6) is 0 Å². The lowest BCUT2D eigenvalue weighted by Crippen LogP contribution is -1.92. The monoisotopic (exact) mass is 163 g/mol. The van der Waals surface area contributed by atoms with Gasteiger partial charge < -0.3 is 0 Å². The molecule has 0 saturated heterocycles. The van der Waals surface area contributed by atoms with E-state index in [1.165, 1.54) is 6.20 Å². The Hall–Kier alpha value is -1.44. The molecular weight excluding hydrogens is 153 g/mol. The molecule has 0 fully saturated rings. The van der Waals surface area contributed by atoms with Gasteiger partial charge in [-0.3, -0.25) is 4.98 Å². The Balaban J connectivity index is 3.39. The van der Waals surface area contributed by atoms with Crippen LogP contribution in [-0.4, -0.2) is 4.98 Å². The van der Waals surface area contributed by atoms with Crippen molar-refractivity contribution in [3.63, 3.8) is 0 Å². The van der Waals surface area contributed by atoms with E-state index < -0.39 is 0 Å². The zero-order valence-electron chi connectivity index (χ0n) is 6.97. The van der Waals surface area contributed by atoms with Crippen molar-refractivity contribution >= 4 is 11.6 Å². The highest BCUT2D eigenvalue weighted by Gasteiger charge is 2.06. The van der Waals surface area contributed by atoms with E-state index in [4.69, 9.17) is 0 Å². The van der Waals surface area contributed by atoms with Gasteiger partial charge in [-0.15, -0.1) is 0 Å². The van der Waals surface area contributed by atoms with Crippen LogP contribution >= 0.6 is 0 Å². The highest BCUT2D eigenvalue weighted by molar-refractivity contribution is 5.70. The molecule has 0 aliphatic rings. The van der Waals surface area contributed by atoms with Crippen LogP contribution in [0.15, 0.2) is 25.6 Å². The fraction of sp³-hybridized carbons (Fsp3) is 0.100. The Morgan fingerprint density at radius 1 is 1.58 bits per heavy atom. The Bertz CT molecular complexity index is 329. The summed E-state index contributed by atoms with van der Waals surface area (Å²) < 4.78 is 13.1. The maximum atomic E-state index is 13.1. The summed E-state index contributed by atoms with van der Waals surface area (Å²) in [6, 6.07) is 0. The third-order valence-corrected chi connectivity index (χ3v) is 1.58. The van der Waals surface area contributed by atoms with Crippen LogP contribution in [0.2, 0.25) is 0 Å². The number of allylic oxidation sites excluding steroid dienone is 1. The minimum absolute atomic E-state index is 0.347. The lowest BCUT2D eigenvalue weighted by atomic mass is 10.0. The molecule has 2 heteroatoms. The molecule has 1 heterocycles. The zero-order chi connectivity index (χ0) is 9.14. The van der Waals surface area contributed by atoms with Gasteiger partial charge in [-0.1, -0.05) is 19.2 Å². The van der Waals surface area contributed by atoms with Gasteiger partial charge in [0.2, 0.25) is 0 Å². The van der Waals surface area contributed by atoms with Crippen molar-refractivity contribution in [3.8, 4) is 0 Å². The first-order valence-electron chi connectivity index (χ1n) is 3.58. The van der Waals surface area contributed by atoms with Crippen molar-refractivity contribution in [2.45, 2.75) is 6.92 Å². The fourth-order valence-electron chi connectivity index (χ4n) is 1.06. The molecule has 0 atom stereocenters. The molecule has 0 aliphatic carbocycles. The molecule has 1 nitrogen and oxygen atoms in total. The Labute approximate surface area is 71.3 Å². The molecule has 0 amide bonds. The summed E-state index contributed by atoms with van der Waals surface area (Å²) in [7, 11) is 0. The van der Waals surface area contributed by atoms with Crippen LogP contribution in [0, 0.1) is 5.82 Å². The van der Waals surface area contributed by atoms with Crippen LogP contribution in [0.4, 0.5) is 4.39 Å². The lowest BCUT2D eigenvalue weighted by molar-refractivity contribution is 0.617. The third kappa shape index (κ3) is 1.42. The second-order valence-corrected chi connectivity index (χ2v) is 2.57. The first kappa shape index (κ1) is 8.65. The molecule has 0 bridgehead atoms. The van der Waals surface area contributed by atoms with Crippen molar-refractivity contribution in [2.24, 2.45) is 0 Å². The highest BCUT2D eigenvalue weighted by Crippen LogP contribution is 2.20. The van der Waals surface area contributed by atoms with E-state index in [-0.39, 0.29) is 5.82 Å². The predicted octanol–water partition coefficient (Wildman–Crippen LogP) is 2.90. The van der Waals surface area contributed by atoms with Crippen LogP contribution in [0.3, 0.4) is 0 Å². The van der Waals surface area contributed by atoms with E-state index >= 15 is 0 Å². The van der Waals surface area contributed by atoms with E-state index in [1.54, 1.807) is 19.2 Å². The summed E-state index contributed by atoms with van der Waals surface area (Å²) in [5.41, 5.74) is 1.87. The standard InChI is InChI=1S/C10H10FN/c1-4-8-5-12-6-9(11)10(8)7(2)3/h4-6H,1-2H2,3H3. The van der Waals surface area contributed by atoms with Crippen molar-refractivity contribution in [3.05, 3.63) is 42.5 Å². The molecule has 0 spiro atoms. The summed E-state index contributed by atoms with van der Waals surface area (Å²) in [6.45, 7) is 9.00.